The number of benzene rings is 1. The monoisotopic (exact) mass is 363 g/mol. The summed E-state index contributed by atoms with van der Waals surface area (Å²) in [5.74, 6) is 3.11. The molecule has 0 aliphatic carbocycles. The number of rotatable bonds is 5. The molecule has 3 heterocycles. The number of hydrogen-bond acceptors (Lipinski definition) is 5. The Bertz CT molecular complexity index is 890. The number of hydrogen-bond donors (Lipinski definition) is 0. The summed E-state index contributed by atoms with van der Waals surface area (Å²) in [5.41, 5.74) is 2.37. The summed E-state index contributed by atoms with van der Waals surface area (Å²) in [4.78, 5) is 16.2. The van der Waals surface area contributed by atoms with Gasteiger partial charge in [-0.2, -0.15) is 0 Å². The Morgan fingerprint density at radius 2 is 1.89 bits per heavy atom. The van der Waals surface area contributed by atoms with E-state index in [0.717, 1.165) is 49.1 Å². The minimum absolute atomic E-state index is 0.377. The lowest BCUT2D eigenvalue weighted by molar-refractivity contribution is 0.198. The van der Waals surface area contributed by atoms with Gasteiger partial charge < -0.3 is 4.74 Å². The Labute approximate surface area is 159 Å². The first-order chi connectivity index (χ1) is 13.2. The molecule has 1 aromatic carbocycles. The number of methoxy groups -OCH3 is 1. The second-order valence-corrected chi connectivity index (χ2v) is 7.03. The third kappa shape index (κ3) is 3.85. The number of piperidine rings is 1. The number of nitrogens with zero attached hydrogens (tertiary/aromatic N) is 5. The van der Waals surface area contributed by atoms with Gasteiger partial charge in [0.15, 0.2) is 5.82 Å². The van der Waals surface area contributed by atoms with E-state index in [1.54, 1.807) is 19.5 Å². The van der Waals surface area contributed by atoms with Gasteiger partial charge in [0.2, 0.25) is 0 Å². The van der Waals surface area contributed by atoms with Crippen molar-refractivity contribution in [2.24, 2.45) is 0 Å². The Morgan fingerprint density at radius 1 is 1.07 bits per heavy atom. The highest BCUT2D eigenvalue weighted by molar-refractivity contribution is 5.33. The van der Waals surface area contributed by atoms with Crippen LogP contribution in [0, 0.1) is 6.92 Å². The molecule has 1 atom stereocenters. The second kappa shape index (κ2) is 7.88. The van der Waals surface area contributed by atoms with Gasteiger partial charge in [-0.3, -0.25) is 14.5 Å². The van der Waals surface area contributed by atoms with E-state index in [1.807, 2.05) is 36.0 Å². The van der Waals surface area contributed by atoms with Crippen LogP contribution in [0.2, 0.25) is 0 Å². The third-order valence-corrected chi connectivity index (χ3v) is 5.22. The first-order valence-corrected chi connectivity index (χ1v) is 9.41. The predicted molar refractivity (Wildman–Crippen MR) is 104 cm³/mol. The van der Waals surface area contributed by atoms with Crippen LogP contribution in [-0.2, 0) is 6.54 Å². The summed E-state index contributed by atoms with van der Waals surface area (Å²) in [5, 5.41) is 0. The summed E-state index contributed by atoms with van der Waals surface area (Å²) in [6.45, 7) is 5.04. The normalized spacial score (nSPS) is 17.8. The molecule has 1 fully saturated rings. The Kier molecular flexibility index (Phi) is 5.16. The van der Waals surface area contributed by atoms with Gasteiger partial charge in [0, 0.05) is 43.8 Å². The van der Waals surface area contributed by atoms with Crippen LogP contribution >= 0.6 is 0 Å². The number of ether oxygens (including phenoxy) is 1. The van der Waals surface area contributed by atoms with E-state index in [1.165, 1.54) is 12.0 Å². The van der Waals surface area contributed by atoms with Gasteiger partial charge in [-0.15, -0.1) is 0 Å². The lowest BCUT2D eigenvalue weighted by atomic mass is 9.94. The van der Waals surface area contributed by atoms with Crippen LogP contribution in [0.5, 0.6) is 5.75 Å². The van der Waals surface area contributed by atoms with E-state index in [9.17, 15) is 0 Å². The van der Waals surface area contributed by atoms with Crippen molar-refractivity contribution >= 4 is 0 Å². The maximum atomic E-state index is 5.26. The smallest absolute Gasteiger partial charge is 0.160 e. The number of aromatic nitrogens is 4. The molecule has 4 rings (SSSR count). The van der Waals surface area contributed by atoms with Crippen LogP contribution in [0.3, 0.4) is 0 Å². The van der Waals surface area contributed by atoms with E-state index >= 15 is 0 Å². The van der Waals surface area contributed by atoms with Crippen molar-refractivity contribution in [3.63, 3.8) is 0 Å². The molecule has 0 spiro atoms. The van der Waals surface area contributed by atoms with E-state index in [0.29, 0.717) is 5.92 Å². The molecule has 3 aromatic rings. The van der Waals surface area contributed by atoms with E-state index in [-0.39, 0.29) is 0 Å². The number of aryl methyl sites for hydroxylation is 1. The molecule has 6 nitrogen and oxygen atoms in total. The first kappa shape index (κ1) is 17.7. The Balaban J connectivity index is 1.52. The van der Waals surface area contributed by atoms with Gasteiger partial charge in [0.25, 0.3) is 0 Å². The zero-order valence-corrected chi connectivity index (χ0v) is 15.9. The second-order valence-electron chi connectivity index (χ2n) is 7.03. The van der Waals surface area contributed by atoms with Crippen molar-refractivity contribution in [2.75, 3.05) is 20.2 Å². The molecule has 2 aromatic heterocycles. The molecular formula is C21H25N5O. The van der Waals surface area contributed by atoms with Crippen molar-refractivity contribution in [3.05, 3.63) is 66.1 Å². The fourth-order valence-corrected chi connectivity index (χ4v) is 3.83. The van der Waals surface area contributed by atoms with E-state index < -0.39 is 0 Å². The van der Waals surface area contributed by atoms with Gasteiger partial charge in [-0.1, -0.05) is 12.1 Å². The highest BCUT2D eigenvalue weighted by Crippen LogP contribution is 2.29. The van der Waals surface area contributed by atoms with Crippen molar-refractivity contribution in [1.82, 2.24) is 24.4 Å². The highest BCUT2D eigenvalue weighted by atomic mass is 16.5. The molecule has 1 aliphatic heterocycles. The first-order valence-electron chi connectivity index (χ1n) is 9.41. The fraction of sp³-hybridized carbons (Fsp3) is 0.381. The highest BCUT2D eigenvalue weighted by Gasteiger charge is 2.26. The standard InChI is InChI=1S/C21H25N5O/c1-16-22-11-13-26(16)21-20(23-9-10-24-21)18-4-3-12-25(15-18)14-17-5-7-19(27-2)8-6-17/h5-11,13,18H,3-4,12,14-15H2,1-2H3/t18-/m1/s1. The Hall–Kier alpha value is -2.73. The molecule has 0 N–H and O–H groups in total. The van der Waals surface area contributed by atoms with Crippen LogP contribution in [0.15, 0.2) is 49.1 Å². The molecule has 0 bridgehead atoms. The molecule has 0 unspecified atom stereocenters. The molecule has 0 radical (unpaired) electrons. The van der Waals surface area contributed by atoms with Crippen LogP contribution in [-0.4, -0.2) is 44.6 Å². The maximum Gasteiger partial charge on any atom is 0.160 e. The average molecular weight is 363 g/mol. The van der Waals surface area contributed by atoms with Crippen molar-refractivity contribution in [3.8, 4) is 11.6 Å². The van der Waals surface area contributed by atoms with Gasteiger partial charge in [0.05, 0.1) is 12.8 Å². The van der Waals surface area contributed by atoms with Gasteiger partial charge >= 0.3 is 0 Å². The number of imidazole rings is 1. The lowest BCUT2D eigenvalue weighted by Crippen LogP contribution is -2.34. The largest absolute Gasteiger partial charge is 0.497 e. The van der Waals surface area contributed by atoms with E-state index in [2.05, 4.69) is 27.0 Å². The molecule has 0 saturated carbocycles. The molecular weight excluding hydrogens is 338 g/mol. The molecule has 1 saturated heterocycles. The van der Waals surface area contributed by atoms with Crippen molar-refractivity contribution in [2.45, 2.75) is 32.2 Å². The topological polar surface area (TPSA) is 56.1 Å². The van der Waals surface area contributed by atoms with Crippen LogP contribution in [0.25, 0.3) is 5.82 Å². The minimum atomic E-state index is 0.377. The van der Waals surface area contributed by atoms with Gasteiger partial charge in [0.1, 0.15) is 11.6 Å². The van der Waals surface area contributed by atoms with Gasteiger partial charge in [-0.05, 0) is 44.0 Å². The van der Waals surface area contributed by atoms with Crippen molar-refractivity contribution in [1.29, 1.82) is 0 Å². The molecule has 6 heteroatoms. The molecule has 1 aliphatic rings. The average Bonchev–Trinajstić information content (AvgIpc) is 3.14. The summed E-state index contributed by atoms with van der Waals surface area (Å²) in [6, 6.07) is 8.34. The summed E-state index contributed by atoms with van der Waals surface area (Å²) in [6.07, 6.45) is 9.63. The van der Waals surface area contributed by atoms with Crippen molar-refractivity contribution < 1.29 is 4.74 Å². The molecule has 0 amide bonds. The molecule has 140 valence electrons. The summed E-state index contributed by atoms with van der Waals surface area (Å²) < 4.78 is 7.29. The van der Waals surface area contributed by atoms with Crippen LogP contribution < -0.4 is 4.74 Å². The molecule has 27 heavy (non-hydrogen) atoms. The maximum absolute atomic E-state index is 5.26. The fourth-order valence-electron chi connectivity index (χ4n) is 3.83. The predicted octanol–water partition coefficient (Wildman–Crippen LogP) is 3.36. The van der Waals surface area contributed by atoms with Crippen LogP contribution in [0.1, 0.15) is 35.8 Å². The number of likely N-dealkylation sites (tertiary alicyclic amines) is 1. The summed E-state index contributed by atoms with van der Waals surface area (Å²) >= 11 is 0. The Morgan fingerprint density at radius 3 is 2.63 bits per heavy atom. The summed E-state index contributed by atoms with van der Waals surface area (Å²) in [7, 11) is 1.70. The quantitative estimate of drug-likeness (QED) is 0.696. The lowest BCUT2D eigenvalue weighted by Gasteiger charge is -2.33. The van der Waals surface area contributed by atoms with Crippen LogP contribution in [0.4, 0.5) is 0 Å². The third-order valence-electron chi connectivity index (χ3n) is 5.22. The zero-order chi connectivity index (χ0) is 18.6. The zero-order valence-electron chi connectivity index (χ0n) is 15.9. The SMILES string of the molecule is COc1ccc(CN2CCC[C@@H](c3nccnc3-n3ccnc3C)C2)cc1. The van der Waals surface area contributed by atoms with E-state index in [4.69, 9.17) is 9.72 Å². The minimum Gasteiger partial charge on any atom is -0.497 e. The van der Waals surface area contributed by atoms with Gasteiger partial charge in [-0.25, -0.2) is 9.97 Å².